The lowest BCUT2D eigenvalue weighted by molar-refractivity contribution is -0.151. The van der Waals surface area contributed by atoms with Crippen molar-refractivity contribution in [3.8, 4) is 0 Å². The topological polar surface area (TPSA) is 170 Å². The molecule has 2 unspecified atom stereocenters. The first-order chi connectivity index (χ1) is 50.3. The van der Waals surface area contributed by atoms with Crippen molar-refractivity contribution >= 4 is 35.7 Å². The minimum absolute atomic E-state index is 0.0321. The molecule has 0 aliphatic carbocycles. The maximum absolute atomic E-state index is 13.3. The Morgan fingerprint density at radius 1 is 0.262 bits per heavy atom. The van der Waals surface area contributed by atoms with Crippen LogP contribution in [0.25, 0.3) is 0 Å². The van der Waals surface area contributed by atoms with Gasteiger partial charge in [0.2, 0.25) is 11.8 Å². The van der Waals surface area contributed by atoms with Crippen LogP contribution in [-0.4, -0.2) is 123 Å². The van der Waals surface area contributed by atoms with Crippen LogP contribution >= 0.6 is 0 Å². The molecule has 103 heavy (non-hydrogen) atoms. The molecule has 0 bridgehead atoms. The first kappa shape index (κ1) is 99.7. The summed E-state index contributed by atoms with van der Waals surface area (Å²) in [5.74, 6) is -0.0581. The number of amides is 2. The van der Waals surface area contributed by atoms with E-state index in [4.69, 9.17) is 18.9 Å². The first-order valence-electron chi connectivity index (χ1n) is 45.0. The Hall–Kier alpha value is -3.26. The van der Waals surface area contributed by atoms with Gasteiger partial charge < -0.3 is 39.4 Å². The number of hydrogen-bond donors (Lipinski definition) is 2. The van der Waals surface area contributed by atoms with Gasteiger partial charge in [-0.2, -0.15) is 0 Å². The van der Waals surface area contributed by atoms with E-state index in [-0.39, 0.29) is 54.3 Å². The molecule has 2 amide bonds. The smallest absolute Gasteiger partial charge is 0.306 e. The summed E-state index contributed by atoms with van der Waals surface area (Å²) in [7, 11) is 0. The van der Waals surface area contributed by atoms with E-state index >= 15 is 0 Å². The fraction of sp³-hybridized carbons (Fsp3) is 0.933. The van der Waals surface area contributed by atoms with Crippen LogP contribution < -0.4 is 10.6 Å². The second kappa shape index (κ2) is 78.3. The highest BCUT2D eigenvalue weighted by atomic mass is 16.6. The molecule has 0 aliphatic rings. The number of nitrogens with zero attached hydrogens (tertiary/aromatic N) is 2. The van der Waals surface area contributed by atoms with Gasteiger partial charge in [-0.1, -0.05) is 299 Å². The molecule has 2 N–H and O–H groups in total. The molecule has 0 aromatic rings. The van der Waals surface area contributed by atoms with Crippen molar-refractivity contribution in [3.05, 3.63) is 0 Å². The summed E-state index contributed by atoms with van der Waals surface area (Å²) in [6.45, 7) is 24.6. The highest BCUT2D eigenvalue weighted by Gasteiger charge is 2.19. The Morgan fingerprint density at radius 3 is 0.767 bits per heavy atom. The molecular formula is C89H172N4O10. The van der Waals surface area contributed by atoms with Crippen LogP contribution in [0.4, 0.5) is 0 Å². The molecule has 14 nitrogen and oxygen atoms in total. The number of hydrogen-bond acceptors (Lipinski definition) is 12. The van der Waals surface area contributed by atoms with E-state index in [1.807, 2.05) is 0 Å². The van der Waals surface area contributed by atoms with Crippen molar-refractivity contribution in [1.29, 1.82) is 0 Å². The van der Waals surface area contributed by atoms with E-state index < -0.39 is 0 Å². The summed E-state index contributed by atoms with van der Waals surface area (Å²) in [5.41, 5.74) is 0. The highest BCUT2D eigenvalue weighted by molar-refractivity contribution is 5.96. The fourth-order valence-electron chi connectivity index (χ4n) is 14.1. The minimum Gasteiger partial charge on any atom is -0.465 e. The van der Waals surface area contributed by atoms with Gasteiger partial charge in [-0.25, -0.2) is 0 Å². The molecule has 2 atom stereocenters. The van der Waals surface area contributed by atoms with Crippen LogP contribution in [0.3, 0.4) is 0 Å². The third-order valence-electron chi connectivity index (χ3n) is 21.0. The molecule has 0 rings (SSSR count). The molecule has 0 saturated heterocycles. The molecule has 0 aromatic heterocycles. The number of ether oxygens (including phenoxy) is 4. The Morgan fingerprint density at radius 2 is 0.485 bits per heavy atom. The molecule has 0 heterocycles. The summed E-state index contributed by atoms with van der Waals surface area (Å²) in [6, 6.07) is 0. The third kappa shape index (κ3) is 72.7. The number of carbonyl (C=O) groups excluding carboxylic acids is 6. The summed E-state index contributed by atoms with van der Waals surface area (Å²) >= 11 is 0. The second-order valence-corrected chi connectivity index (χ2v) is 31.6. The molecule has 608 valence electrons. The number of carbonyl (C=O) groups is 6. The van der Waals surface area contributed by atoms with Crippen LogP contribution in [-0.2, 0) is 47.7 Å². The molecule has 0 aromatic carbocycles. The molecule has 0 fully saturated rings. The van der Waals surface area contributed by atoms with E-state index in [2.05, 4.69) is 75.8 Å². The predicted molar refractivity (Wildman–Crippen MR) is 435 cm³/mol. The van der Waals surface area contributed by atoms with Crippen LogP contribution in [0.2, 0.25) is 0 Å². The predicted octanol–water partition coefficient (Wildman–Crippen LogP) is 23.9. The molecule has 14 heteroatoms. The molecule has 0 aliphatic heterocycles. The second-order valence-electron chi connectivity index (χ2n) is 31.6. The number of esters is 4. The zero-order valence-corrected chi connectivity index (χ0v) is 69.5. The van der Waals surface area contributed by atoms with Gasteiger partial charge in [0.25, 0.3) is 0 Å². The van der Waals surface area contributed by atoms with Crippen LogP contribution in [0.15, 0.2) is 0 Å². The maximum atomic E-state index is 13.3. The summed E-state index contributed by atoms with van der Waals surface area (Å²) in [6.07, 6.45) is 65.6. The van der Waals surface area contributed by atoms with Crippen LogP contribution in [0.5, 0.6) is 0 Å². The standard InChI is InChI=1S/C89H172N4O10/c1-9-15-21-27-35-47-61-82(62-48-36-28-22-16-10-2)102-88(98)67-51-39-31-41-55-71-92(73-57-43-53-65-86(96)100-78-80(7)59-45-33-25-19-13-5)75-69-90-84(94)77-85(95)91-70-76-93(74-58-44-54-66-87(97)101-79-81(8)60-46-34-26-20-14-6)72-56-42-32-40-52-68-89(99)103-83(63-49-37-29-23-17-11-3)64-50-38-30-24-18-12-4/h80-83H,9-79H2,1-8H3,(H,90,94)(H,91,95). The Kier molecular flexibility index (Phi) is 75.8. The summed E-state index contributed by atoms with van der Waals surface area (Å²) in [4.78, 5) is 83.0. The average molecular weight is 1460 g/mol. The van der Waals surface area contributed by atoms with Gasteiger partial charge in [0.15, 0.2) is 0 Å². The normalized spacial score (nSPS) is 12.2. The summed E-state index contributed by atoms with van der Waals surface area (Å²) < 4.78 is 23.6. The van der Waals surface area contributed by atoms with Crippen molar-refractivity contribution < 1.29 is 47.7 Å². The van der Waals surface area contributed by atoms with Crippen molar-refractivity contribution in [3.63, 3.8) is 0 Å². The lowest BCUT2D eigenvalue weighted by Gasteiger charge is -2.23. The van der Waals surface area contributed by atoms with E-state index in [9.17, 15) is 28.8 Å². The van der Waals surface area contributed by atoms with Crippen LogP contribution in [0.1, 0.15) is 447 Å². The first-order valence-corrected chi connectivity index (χ1v) is 45.0. The quantitative estimate of drug-likeness (QED) is 0.0256. The van der Waals surface area contributed by atoms with Crippen LogP contribution in [0, 0.1) is 11.8 Å². The Balaban J connectivity index is 5.47. The van der Waals surface area contributed by atoms with Crippen molar-refractivity contribution in [2.24, 2.45) is 11.8 Å². The lowest BCUT2D eigenvalue weighted by Crippen LogP contribution is -2.40. The minimum atomic E-state index is -0.280. The maximum Gasteiger partial charge on any atom is 0.306 e. The lowest BCUT2D eigenvalue weighted by atomic mass is 10.0. The van der Waals surface area contributed by atoms with Crippen molar-refractivity contribution in [2.75, 3.05) is 65.6 Å². The number of rotatable bonds is 82. The Bertz CT molecular complexity index is 1730. The molecule has 0 radical (unpaired) electrons. The monoisotopic (exact) mass is 1460 g/mol. The fourth-order valence-corrected chi connectivity index (χ4v) is 14.1. The largest absolute Gasteiger partial charge is 0.465 e. The summed E-state index contributed by atoms with van der Waals surface area (Å²) in [5, 5.41) is 6.08. The van der Waals surface area contributed by atoms with E-state index in [0.29, 0.717) is 76.9 Å². The third-order valence-corrected chi connectivity index (χ3v) is 21.0. The van der Waals surface area contributed by atoms with Gasteiger partial charge in [-0.3, -0.25) is 28.8 Å². The van der Waals surface area contributed by atoms with Gasteiger partial charge in [-0.15, -0.1) is 0 Å². The van der Waals surface area contributed by atoms with Gasteiger partial charge >= 0.3 is 23.9 Å². The zero-order valence-electron chi connectivity index (χ0n) is 69.5. The van der Waals surface area contributed by atoms with E-state index in [1.165, 1.54) is 193 Å². The van der Waals surface area contributed by atoms with Gasteiger partial charge in [-0.05, 0) is 154 Å². The van der Waals surface area contributed by atoms with E-state index in [0.717, 1.165) is 193 Å². The van der Waals surface area contributed by atoms with E-state index in [1.54, 1.807) is 0 Å². The SMILES string of the molecule is CCCCCCCCC(CCCCCCCC)OC(=O)CCCCCCCN(CCCCCC(=O)OCC(C)CCCCCCC)CCNC(=O)CC(=O)NCCN(CCCCCCCC(=O)OC(CCCCCCCC)CCCCCCCC)CCCCCC(=O)OCC(C)CCCCCCC. The van der Waals surface area contributed by atoms with Crippen molar-refractivity contribution in [1.82, 2.24) is 20.4 Å². The number of nitrogens with one attached hydrogen (secondary N) is 2. The molecule has 0 saturated carbocycles. The zero-order chi connectivity index (χ0) is 75.4. The van der Waals surface area contributed by atoms with Gasteiger partial charge in [0, 0.05) is 51.9 Å². The highest BCUT2D eigenvalue weighted by Crippen LogP contribution is 2.22. The van der Waals surface area contributed by atoms with Crippen molar-refractivity contribution in [2.45, 2.75) is 459 Å². The molecular weight excluding hydrogens is 1280 g/mol. The van der Waals surface area contributed by atoms with Gasteiger partial charge in [0.1, 0.15) is 18.6 Å². The molecule has 0 spiro atoms. The number of unbranched alkanes of at least 4 members (excludes halogenated alkanes) is 40. The average Bonchev–Trinajstić information content (AvgIpc) is 2.08. The Labute approximate surface area is 637 Å². The van der Waals surface area contributed by atoms with Gasteiger partial charge in [0.05, 0.1) is 13.2 Å².